The SMILES string of the molecule is Cn1cnc(S(=O)(=O)NC(Cc2ccccc2)c2cc3c(cc2F)CCCNC3)c1. The Bertz CT molecular complexity index is 1130. The van der Waals surface area contributed by atoms with Gasteiger partial charge in [0.15, 0.2) is 5.03 Å². The lowest BCUT2D eigenvalue weighted by atomic mass is 9.94. The van der Waals surface area contributed by atoms with Crippen molar-refractivity contribution in [3.05, 3.63) is 83.1 Å². The Kier molecular flexibility index (Phi) is 5.99. The van der Waals surface area contributed by atoms with E-state index in [0.717, 1.165) is 36.1 Å². The molecule has 2 heterocycles. The van der Waals surface area contributed by atoms with E-state index in [1.165, 1.54) is 12.5 Å². The molecule has 1 unspecified atom stereocenters. The van der Waals surface area contributed by atoms with Gasteiger partial charge in [-0.1, -0.05) is 30.3 Å². The molecule has 0 spiro atoms. The highest BCUT2D eigenvalue weighted by Gasteiger charge is 2.27. The average Bonchev–Trinajstić information content (AvgIpc) is 3.04. The summed E-state index contributed by atoms with van der Waals surface area (Å²) < 4.78 is 45.3. The third kappa shape index (κ3) is 4.61. The molecule has 30 heavy (non-hydrogen) atoms. The standard InChI is InChI=1S/C22H25FN4O2S/c1-27-14-22(25-15-27)30(28,29)26-21(10-16-6-3-2-4-7-16)19-11-18-13-24-9-5-8-17(18)12-20(19)23/h2-4,6-7,11-12,14-15,21,24,26H,5,8-10,13H2,1H3. The van der Waals surface area contributed by atoms with Crippen molar-refractivity contribution in [2.24, 2.45) is 7.05 Å². The van der Waals surface area contributed by atoms with Gasteiger partial charge in [0.05, 0.1) is 12.4 Å². The number of nitrogens with one attached hydrogen (secondary N) is 2. The smallest absolute Gasteiger partial charge is 0.260 e. The van der Waals surface area contributed by atoms with Crippen LogP contribution in [0.1, 0.15) is 34.7 Å². The maximum Gasteiger partial charge on any atom is 0.260 e. The normalized spacial score (nSPS) is 15.4. The number of benzene rings is 2. The van der Waals surface area contributed by atoms with Gasteiger partial charge in [0.25, 0.3) is 10.0 Å². The zero-order valence-corrected chi connectivity index (χ0v) is 17.6. The summed E-state index contributed by atoms with van der Waals surface area (Å²) in [6, 6.07) is 12.1. The van der Waals surface area contributed by atoms with Crippen LogP contribution in [-0.2, 0) is 36.5 Å². The molecule has 0 radical (unpaired) electrons. The second-order valence-corrected chi connectivity index (χ2v) is 9.32. The zero-order valence-electron chi connectivity index (χ0n) is 16.8. The van der Waals surface area contributed by atoms with Crippen molar-refractivity contribution in [2.75, 3.05) is 6.54 Å². The fourth-order valence-corrected chi connectivity index (χ4v) is 5.01. The number of sulfonamides is 1. The van der Waals surface area contributed by atoms with Crippen LogP contribution in [0.3, 0.4) is 0 Å². The van der Waals surface area contributed by atoms with Crippen LogP contribution in [-0.4, -0.2) is 24.5 Å². The van der Waals surface area contributed by atoms with Gasteiger partial charge in [0.2, 0.25) is 0 Å². The molecule has 0 amide bonds. The van der Waals surface area contributed by atoms with E-state index in [4.69, 9.17) is 0 Å². The quantitative estimate of drug-likeness (QED) is 0.633. The largest absolute Gasteiger partial charge is 0.339 e. The minimum absolute atomic E-state index is 0.0834. The van der Waals surface area contributed by atoms with Gasteiger partial charge in [-0.05, 0) is 54.6 Å². The van der Waals surface area contributed by atoms with E-state index in [-0.39, 0.29) is 10.8 Å². The molecule has 1 atom stereocenters. The fraction of sp³-hybridized carbons (Fsp3) is 0.318. The topological polar surface area (TPSA) is 76.0 Å². The maximum atomic E-state index is 15.2. The Morgan fingerprint density at radius 2 is 2.03 bits per heavy atom. The van der Waals surface area contributed by atoms with Crippen LogP contribution in [0.25, 0.3) is 0 Å². The Balaban J connectivity index is 1.73. The predicted octanol–water partition coefficient (Wildman–Crippen LogP) is 2.86. The van der Waals surface area contributed by atoms with E-state index >= 15 is 4.39 Å². The number of nitrogens with zero attached hydrogens (tertiary/aromatic N) is 2. The van der Waals surface area contributed by atoms with Crippen molar-refractivity contribution in [3.63, 3.8) is 0 Å². The lowest BCUT2D eigenvalue weighted by molar-refractivity contribution is 0.529. The summed E-state index contributed by atoms with van der Waals surface area (Å²) in [5.41, 5.74) is 3.26. The molecule has 0 saturated heterocycles. The van der Waals surface area contributed by atoms with Crippen molar-refractivity contribution in [3.8, 4) is 0 Å². The Morgan fingerprint density at radius 1 is 1.23 bits per heavy atom. The minimum Gasteiger partial charge on any atom is -0.339 e. The van der Waals surface area contributed by atoms with Crippen LogP contribution in [0.2, 0.25) is 0 Å². The predicted molar refractivity (Wildman–Crippen MR) is 113 cm³/mol. The first-order valence-electron chi connectivity index (χ1n) is 9.98. The number of hydrogen-bond acceptors (Lipinski definition) is 4. The molecule has 1 aliphatic heterocycles. The number of imidazole rings is 1. The summed E-state index contributed by atoms with van der Waals surface area (Å²) in [5, 5.41) is 3.26. The van der Waals surface area contributed by atoms with Gasteiger partial charge >= 0.3 is 0 Å². The molecule has 4 rings (SSSR count). The monoisotopic (exact) mass is 428 g/mol. The van der Waals surface area contributed by atoms with E-state index in [1.54, 1.807) is 23.7 Å². The van der Waals surface area contributed by atoms with Gasteiger partial charge in [-0.15, -0.1) is 0 Å². The highest BCUT2D eigenvalue weighted by Crippen LogP contribution is 2.28. The van der Waals surface area contributed by atoms with Crippen molar-refractivity contribution in [1.29, 1.82) is 0 Å². The first kappa shape index (κ1) is 20.7. The molecule has 2 aromatic carbocycles. The van der Waals surface area contributed by atoms with Crippen LogP contribution in [0.5, 0.6) is 0 Å². The number of fused-ring (bicyclic) bond motifs is 1. The molecule has 158 valence electrons. The van der Waals surface area contributed by atoms with Crippen LogP contribution in [0.4, 0.5) is 4.39 Å². The maximum absolute atomic E-state index is 15.2. The summed E-state index contributed by atoms with van der Waals surface area (Å²) in [5.74, 6) is -0.389. The van der Waals surface area contributed by atoms with Crippen LogP contribution in [0.15, 0.2) is 60.0 Å². The summed E-state index contributed by atoms with van der Waals surface area (Å²) in [6.45, 7) is 1.53. The third-order valence-electron chi connectivity index (χ3n) is 5.35. The van der Waals surface area contributed by atoms with Crippen LogP contribution >= 0.6 is 0 Å². The first-order chi connectivity index (χ1) is 14.4. The zero-order chi connectivity index (χ0) is 21.1. The summed E-state index contributed by atoms with van der Waals surface area (Å²) in [7, 11) is -2.22. The van der Waals surface area contributed by atoms with Gasteiger partial charge in [-0.3, -0.25) is 0 Å². The van der Waals surface area contributed by atoms with Crippen molar-refractivity contribution >= 4 is 10.0 Å². The van der Waals surface area contributed by atoms with Crippen molar-refractivity contribution in [1.82, 2.24) is 19.6 Å². The molecule has 0 aliphatic carbocycles. The number of rotatable bonds is 6. The number of aromatic nitrogens is 2. The van der Waals surface area contributed by atoms with E-state index in [9.17, 15) is 8.42 Å². The molecule has 0 saturated carbocycles. The highest BCUT2D eigenvalue weighted by molar-refractivity contribution is 7.89. The van der Waals surface area contributed by atoms with Gasteiger partial charge in [0.1, 0.15) is 5.82 Å². The summed E-state index contributed by atoms with van der Waals surface area (Å²) in [6.07, 6.45) is 4.94. The summed E-state index contributed by atoms with van der Waals surface area (Å²) in [4.78, 5) is 3.96. The van der Waals surface area contributed by atoms with Crippen LogP contribution in [0, 0.1) is 5.82 Å². The lowest BCUT2D eigenvalue weighted by Crippen LogP contribution is -2.31. The number of aryl methyl sites for hydroxylation is 2. The first-order valence-corrected chi connectivity index (χ1v) is 11.5. The molecule has 6 nitrogen and oxygen atoms in total. The van der Waals surface area contributed by atoms with Gasteiger partial charge in [-0.25, -0.2) is 22.5 Å². The molecule has 1 aromatic heterocycles. The number of hydrogen-bond donors (Lipinski definition) is 2. The average molecular weight is 429 g/mol. The van der Waals surface area contributed by atoms with Gasteiger partial charge in [-0.2, -0.15) is 0 Å². The van der Waals surface area contributed by atoms with Crippen LogP contribution < -0.4 is 10.0 Å². The van der Waals surface area contributed by atoms with E-state index in [2.05, 4.69) is 15.0 Å². The molecule has 1 aliphatic rings. The van der Waals surface area contributed by atoms with Crippen molar-refractivity contribution in [2.45, 2.75) is 36.9 Å². The summed E-state index contributed by atoms with van der Waals surface area (Å²) >= 11 is 0. The second-order valence-electron chi connectivity index (χ2n) is 7.66. The van der Waals surface area contributed by atoms with Gasteiger partial charge < -0.3 is 9.88 Å². The van der Waals surface area contributed by atoms with E-state index in [0.29, 0.717) is 18.5 Å². The van der Waals surface area contributed by atoms with E-state index in [1.807, 2.05) is 30.3 Å². The molecule has 0 fully saturated rings. The third-order valence-corrected chi connectivity index (χ3v) is 6.70. The molecule has 3 aromatic rings. The lowest BCUT2D eigenvalue weighted by Gasteiger charge is -2.21. The van der Waals surface area contributed by atoms with E-state index < -0.39 is 16.1 Å². The Labute approximate surface area is 176 Å². The van der Waals surface area contributed by atoms with Crippen molar-refractivity contribution < 1.29 is 12.8 Å². The minimum atomic E-state index is -3.92. The molecular weight excluding hydrogens is 403 g/mol. The second kappa shape index (κ2) is 8.67. The Hall–Kier alpha value is -2.55. The molecular formula is C22H25FN4O2S. The molecule has 0 bridgehead atoms. The van der Waals surface area contributed by atoms with Gasteiger partial charge in [0, 0.05) is 25.4 Å². The fourth-order valence-electron chi connectivity index (χ4n) is 3.81. The number of halogens is 1. The molecule has 8 heteroatoms. The highest BCUT2D eigenvalue weighted by atomic mass is 32.2. The Morgan fingerprint density at radius 3 is 2.77 bits per heavy atom. The molecule has 2 N–H and O–H groups in total.